The standard InChI is InChI=1S/C17H19ClN2S2/c1-13-5-4-7-15(11-13)20-17(21)19-9-10-22-12-14-6-2-3-8-16(14)18/h2-8,11H,9-10,12H2,1H3,(H2,19,20,21). The molecule has 2 aromatic carbocycles. The second kappa shape index (κ2) is 9.03. The summed E-state index contributed by atoms with van der Waals surface area (Å²) in [6.45, 7) is 2.89. The number of thiocarbonyl (C=S) groups is 1. The van der Waals surface area contributed by atoms with Gasteiger partial charge >= 0.3 is 0 Å². The van der Waals surface area contributed by atoms with E-state index >= 15 is 0 Å². The van der Waals surface area contributed by atoms with Gasteiger partial charge in [0.2, 0.25) is 0 Å². The van der Waals surface area contributed by atoms with Gasteiger partial charge in [-0.05, 0) is 48.5 Å². The zero-order valence-corrected chi connectivity index (χ0v) is 14.8. The molecule has 0 atom stereocenters. The van der Waals surface area contributed by atoms with Crippen molar-refractivity contribution in [3.05, 3.63) is 64.7 Å². The van der Waals surface area contributed by atoms with E-state index in [-0.39, 0.29) is 0 Å². The van der Waals surface area contributed by atoms with Gasteiger partial charge in [0.15, 0.2) is 5.11 Å². The van der Waals surface area contributed by atoms with Crippen molar-refractivity contribution < 1.29 is 0 Å². The van der Waals surface area contributed by atoms with Crippen LogP contribution in [-0.4, -0.2) is 17.4 Å². The van der Waals surface area contributed by atoms with Crippen LogP contribution in [0.3, 0.4) is 0 Å². The van der Waals surface area contributed by atoms with E-state index in [1.165, 1.54) is 11.1 Å². The highest BCUT2D eigenvalue weighted by Gasteiger charge is 2.00. The first-order valence-electron chi connectivity index (χ1n) is 7.08. The summed E-state index contributed by atoms with van der Waals surface area (Å²) in [6.07, 6.45) is 0. The van der Waals surface area contributed by atoms with Crippen LogP contribution in [0.25, 0.3) is 0 Å². The van der Waals surface area contributed by atoms with E-state index in [1.807, 2.05) is 42.1 Å². The Kier molecular flexibility index (Phi) is 7.03. The minimum Gasteiger partial charge on any atom is -0.362 e. The largest absolute Gasteiger partial charge is 0.362 e. The Balaban J connectivity index is 1.64. The molecule has 2 nitrogen and oxygen atoms in total. The van der Waals surface area contributed by atoms with Crippen molar-refractivity contribution in [2.24, 2.45) is 0 Å². The monoisotopic (exact) mass is 350 g/mol. The molecule has 0 unspecified atom stereocenters. The molecule has 0 saturated heterocycles. The van der Waals surface area contributed by atoms with E-state index in [1.54, 1.807) is 0 Å². The first-order valence-corrected chi connectivity index (χ1v) is 9.02. The molecule has 2 N–H and O–H groups in total. The number of halogens is 1. The minimum absolute atomic E-state index is 0.656. The molecule has 0 aliphatic carbocycles. The molecule has 0 amide bonds. The van der Waals surface area contributed by atoms with Crippen molar-refractivity contribution in [2.75, 3.05) is 17.6 Å². The Bertz CT molecular complexity index is 632. The Morgan fingerprint density at radius 3 is 2.77 bits per heavy atom. The van der Waals surface area contributed by atoms with Crippen molar-refractivity contribution in [3.63, 3.8) is 0 Å². The van der Waals surface area contributed by atoms with Crippen LogP contribution in [0.2, 0.25) is 5.02 Å². The maximum atomic E-state index is 6.13. The summed E-state index contributed by atoms with van der Waals surface area (Å²) in [5, 5.41) is 7.90. The fraction of sp³-hybridized carbons (Fsp3) is 0.235. The van der Waals surface area contributed by atoms with Crippen molar-refractivity contribution in [1.82, 2.24) is 5.32 Å². The zero-order chi connectivity index (χ0) is 15.8. The van der Waals surface area contributed by atoms with E-state index in [0.29, 0.717) is 5.11 Å². The Hall–Kier alpha value is -1.23. The molecular weight excluding hydrogens is 332 g/mol. The topological polar surface area (TPSA) is 24.1 Å². The summed E-state index contributed by atoms with van der Waals surface area (Å²) in [7, 11) is 0. The predicted octanol–water partition coefficient (Wildman–Crippen LogP) is 4.87. The number of aryl methyl sites for hydroxylation is 1. The SMILES string of the molecule is Cc1cccc(NC(=S)NCCSCc2ccccc2Cl)c1. The lowest BCUT2D eigenvalue weighted by atomic mass is 10.2. The lowest BCUT2D eigenvalue weighted by molar-refractivity contribution is 0.990. The highest BCUT2D eigenvalue weighted by Crippen LogP contribution is 2.20. The van der Waals surface area contributed by atoms with E-state index in [4.69, 9.17) is 23.8 Å². The van der Waals surface area contributed by atoms with Crippen LogP contribution in [0.1, 0.15) is 11.1 Å². The molecule has 0 aliphatic rings. The molecule has 0 spiro atoms. The van der Waals surface area contributed by atoms with E-state index < -0.39 is 0 Å². The predicted molar refractivity (Wildman–Crippen MR) is 103 cm³/mol. The Morgan fingerprint density at radius 1 is 1.18 bits per heavy atom. The molecular formula is C17H19ClN2S2. The molecule has 0 fully saturated rings. The van der Waals surface area contributed by atoms with E-state index in [0.717, 1.165) is 28.8 Å². The number of thioether (sulfide) groups is 1. The molecule has 22 heavy (non-hydrogen) atoms. The molecule has 0 heterocycles. The summed E-state index contributed by atoms with van der Waals surface area (Å²) in [5.41, 5.74) is 3.40. The van der Waals surface area contributed by atoms with Gasteiger partial charge in [0.05, 0.1) is 0 Å². The second-order valence-electron chi connectivity index (χ2n) is 4.89. The van der Waals surface area contributed by atoms with Crippen LogP contribution in [0.15, 0.2) is 48.5 Å². The Labute approximate surface area is 146 Å². The minimum atomic E-state index is 0.656. The fourth-order valence-electron chi connectivity index (χ4n) is 1.93. The first-order chi connectivity index (χ1) is 10.6. The summed E-state index contributed by atoms with van der Waals surface area (Å²) in [6, 6.07) is 16.1. The first kappa shape index (κ1) is 17.1. The van der Waals surface area contributed by atoms with Gasteiger partial charge < -0.3 is 10.6 Å². The van der Waals surface area contributed by atoms with Crippen LogP contribution in [-0.2, 0) is 5.75 Å². The number of rotatable bonds is 6. The maximum Gasteiger partial charge on any atom is 0.170 e. The highest BCUT2D eigenvalue weighted by molar-refractivity contribution is 7.98. The molecule has 5 heteroatoms. The van der Waals surface area contributed by atoms with Gasteiger partial charge in [0.1, 0.15) is 0 Å². The number of anilines is 1. The van der Waals surface area contributed by atoms with Gasteiger partial charge in [0, 0.05) is 28.8 Å². The fourth-order valence-corrected chi connectivity index (χ4v) is 3.30. The average molecular weight is 351 g/mol. The lowest BCUT2D eigenvalue weighted by Crippen LogP contribution is -2.30. The quantitative estimate of drug-likeness (QED) is 0.573. The van der Waals surface area contributed by atoms with Gasteiger partial charge in [-0.15, -0.1) is 0 Å². The third-order valence-corrected chi connectivity index (χ3v) is 4.65. The van der Waals surface area contributed by atoms with Crippen LogP contribution in [0, 0.1) is 6.92 Å². The molecule has 2 aromatic rings. The zero-order valence-electron chi connectivity index (χ0n) is 12.4. The maximum absolute atomic E-state index is 6.13. The highest BCUT2D eigenvalue weighted by atomic mass is 35.5. The smallest absolute Gasteiger partial charge is 0.170 e. The number of nitrogens with one attached hydrogen (secondary N) is 2. The number of benzene rings is 2. The normalized spacial score (nSPS) is 10.3. The third kappa shape index (κ3) is 5.87. The van der Waals surface area contributed by atoms with Gasteiger partial charge in [0.25, 0.3) is 0 Å². The molecule has 0 aromatic heterocycles. The van der Waals surface area contributed by atoms with Crippen molar-refractivity contribution in [2.45, 2.75) is 12.7 Å². The van der Waals surface area contributed by atoms with Crippen LogP contribution >= 0.6 is 35.6 Å². The van der Waals surface area contributed by atoms with Gasteiger partial charge in [-0.2, -0.15) is 11.8 Å². The van der Waals surface area contributed by atoms with Crippen LogP contribution in [0.4, 0.5) is 5.69 Å². The molecule has 0 saturated carbocycles. The van der Waals surface area contributed by atoms with Crippen molar-refractivity contribution >= 4 is 46.4 Å². The van der Waals surface area contributed by atoms with E-state index in [2.05, 4.69) is 35.8 Å². The lowest BCUT2D eigenvalue weighted by Gasteiger charge is -2.11. The van der Waals surface area contributed by atoms with E-state index in [9.17, 15) is 0 Å². The summed E-state index contributed by atoms with van der Waals surface area (Å²) < 4.78 is 0. The second-order valence-corrected chi connectivity index (χ2v) is 6.81. The number of hydrogen-bond donors (Lipinski definition) is 2. The molecule has 2 rings (SSSR count). The molecule has 0 aliphatic heterocycles. The van der Waals surface area contributed by atoms with Gasteiger partial charge in [-0.1, -0.05) is 41.9 Å². The molecule has 116 valence electrons. The van der Waals surface area contributed by atoms with Crippen LogP contribution < -0.4 is 10.6 Å². The van der Waals surface area contributed by atoms with Crippen molar-refractivity contribution in [3.8, 4) is 0 Å². The Morgan fingerprint density at radius 2 is 2.00 bits per heavy atom. The molecule has 0 bridgehead atoms. The van der Waals surface area contributed by atoms with Crippen LogP contribution in [0.5, 0.6) is 0 Å². The average Bonchev–Trinajstić information content (AvgIpc) is 2.48. The van der Waals surface area contributed by atoms with Gasteiger partial charge in [-0.25, -0.2) is 0 Å². The summed E-state index contributed by atoms with van der Waals surface area (Å²) >= 11 is 13.3. The van der Waals surface area contributed by atoms with Gasteiger partial charge in [-0.3, -0.25) is 0 Å². The number of hydrogen-bond acceptors (Lipinski definition) is 2. The summed E-state index contributed by atoms with van der Waals surface area (Å²) in [5.74, 6) is 1.89. The molecule has 0 radical (unpaired) electrons. The van der Waals surface area contributed by atoms with Crippen molar-refractivity contribution in [1.29, 1.82) is 0 Å². The summed E-state index contributed by atoms with van der Waals surface area (Å²) in [4.78, 5) is 0. The third-order valence-electron chi connectivity index (χ3n) is 3.02.